The zero-order valence-corrected chi connectivity index (χ0v) is 15.4. The first kappa shape index (κ1) is 17.3. The number of para-hydroxylation sites is 1. The third-order valence-corrected chi connectivity index (χ3v) is 5.00. The van der Waals surface area contributed by atoms with Crippen molar-refractivity contribution >= 4 is 40.6 Å². The maximum absolute atomic E-state index is 13.2. The Morgan fingerprint density at radius 2 is 1.74 bits per heavy atom. The number of imide groups is 1. The van der Waals surface area contributed by atoms with E-state index in [2.05, 4.69) is 5.43 Å². The lowest BCUT2D eigenvalue weighted by Crippen LogP contribution is -2.46. The third kappa shape index (κ3) is 2.61. The predicted molar refractivity (Wildman–Crippen MR) is 102 cm³/mol. The molecule has 4 rings (SSSR count). The van der Waals surface area contributed by atoms with E-state index in [1.54, 1.807) is 29.3 Å². The third-order valence-electron chi connectivity index (χ3n) is 4.68. The van der Waals surface area contributed by atoms with Gasteiger partial charge in [-0.3, -0.25) is 24.8 Å². The fourth-order valence-electron chi connectivity index (χ4n) is 3.36. The Bertz CT molecular complexity index is 1010. The van der Waals surface area contributed by atoms with Gasteiger partial charge in [-0.15, -0.1) is 0 Å². The highest BCUT2D eigenvalue weighted by molar-refractivity contribution is 6.39. The van der Waals surface area contributed by atoms with Crippen molar-refractivity contribution in [2.24, 2.45) is 0 Å². The Kier molecular flexibility index (Phi) is 4.00. The first-order valence-corrected chi connectivity index (χ1v) is 8.78. The second-order valence-electron chi connectivity index (χ2n) is 6.49. The van der Waals surface area contributed by atoms with E-state index in [1.807, 2.05) is 31.2 Å². The molecule has 0 radical (unpaired) electrons. The lowest BCUT2D eigenvalue weighted by molar-refractivity contribution is -0.121. The number of allylic oxidation sites excluding steroid dienone is 1. The van der Waals surface area contributed by atoms with Gasteiger partial charge in [0.15, 0.2) is 11.8 Å². The van der Waals surface area contributed by atoms with Crippen molar-refractivity contribution in [1.82, 2.24) is 5.43 Å². The SMILES string of the molecule is CC(=O)C1=C2C(=O)N(c3ccccc3Cl)C(=O)[C@@H]2N(c2ccc(C)cc2)N1. The Labute approximate surface area is 161 Å². The minimum Gasteiger partial charge on any atom is -0.293 e. The van der Waals surface area contributed by atoms with Crippen LogP contribution in [0.15, 0.2) is 59.8 Å². The number of hydrazine groups is 1. The number of carbonyl (C=O) groups excluding carboxylic acids is 3. The number of benzene rings is 2. The number of fused-ring (bicyclic) bond motifs is 1. The molecule has 0 unspecified atom stereocenters. The number of ketones is 1. The van der Waals surface area contributed by atoms with Crippen LogP contribution in [-0.4, -0.2) is 23.6 Å². The average molecular weight is 382 g/mol. The number of rotatable bonds is 3. The van der Waals surface area contributed by atoms with Crippen LogP contribution in [0, 0.1) is 6.92 Å². The van der Waals surface area contributed by atoms with Gasteiger partial charge in [-0.1, -0.05) is 41.4 Å². The van der Waals surface area contributed by atoms with Gasteiger partial charge in [-0.25, -0.2) is 4.90 Å². The quantitative estimate of drug-likeness (QED) is 0.828. The Morgan fingerprint density at radius 3 is 2.37 bits per heavy atom. The van der Waals surface area contributed by atoms with Crippen LogP contribution >= 0.6 is 11.6 Å². The van der Waals surface area contributed by atoms with Crippen molar-refractivity contribution in [1.29, 1.82) is 0 Å². The van der Waals surface area contributed by atoms with Crippen LogP contribution in [-0.2, 0) is 14.4 Å². The highest BCUT2D eigenvalue weighted by Gasteiger charge is 2.53. The van der Waals surface area contributed by atoms with Gasteiger partial charge in [0.2, 0.25) is 0 Å². The van der Waals surface area contributed by atoms with Crippen molar-refractivity contribution in [2.45, 2.75) is 19.9 Å². The summed E-state index contributed by atoms with van der Waals surface area (Å²) in [7, 11) is 0. The number of carbonyl (C=O) groups is 3. The lowest BCUT2D eigenvalue weighted by atomic mass is 10.1. The summed E-state index contributed by atoms with van der Waals surface area (Å²) in [6.45, 7) is 3.32. The van der Waals surface area contributed by atoms with Crippen molar-refractivity contribution < 1.29 is 14.4 Å². The van der Waals surface area contributed by atoms with Gasteiger partial charge in [0.05, 0.1) is 22.0 Å². The first-order chi connectivity index (χ1) is 12.9. The van der Waals surface area contributed by atoms with E-state index in [-0.39, 0.29) is 17.1 Å². The standard InChI is InChI=1S/C20H16ClN3O3/c1-11-7-9-13(10-8-11)24-18-16(17(22-24)12(2)25)19(26)23(20(18)27)15-6-4-3-5-14(15)21/h3-10,18,22H,1-2H3/t18-/m1/s1. The van der Waals surface area contributed by atoms with Gasteiger partial charge in [0.25, 0.3) is 11.8 Å². The fraction of sp³-hybridized carbons (Fsp3) is 0.150. The molecule has 136 valence electrons. The number of amides is 2. The van der Waals surface area contributed by atoms with E-state index in [1.165, 1.54) is 6.92 Å². The molecule has 0 aromatic heterocycles. The Balaban J connectivity index is 1.84. The molecule has 2 aromatic rings. The molecule has 2 amide bonds. The number of aryl methyl sites for hydroxylation is 1. The molecule has 0 spiro atoms. The van der Waals surface area contributed by atoms with Gasteiger partial charge in [-0.2, -0.15) is 0 Å². The van der Waals surface area contributed by atoms with Gasteiger partial charge in [-0.05, 0) is 31.2 Å². The summed E-state index contributed by atoms with van der Waals surface area (Å²) in [6.07, 6.45) is 0. The largest absolute Gasteiger partial charge is 0.293 e. The minimum atomic E-state index is -0.921. The van der Waals surface area contributed by atoms with Crippen LogP contribution in [0.3, 0.4) is 0 Å². The van der Waals surface area contributed by atoms with Gasteiger partial charge >= 0.3 is 0 Å². The van der Waals surface area contributed by atoms with Crippen LogP contribution in [0.4, 0.5) is 11.4 Å². The van der Waals surface area contributed by atoms with Gasteiger partial charge in [0.1, 0.15) is 5.70 Å². The molecule has 7 heteroatoms. The number of nitrogens with one attached hydrogen (secondary N) is 1. The van der Waals surface area contributed by atoms with Crippen LogP contribution in [0.5, 0.6) is 0 Å². The smallest absolute Gasteiger partial charge is 0.266 e. The molecule has 2 heterocycles. The summed E-state index contributed by atoms with van der Waals surface area (Å²) in [5.74, 6) is -1.30. The fourth-order valence-corrected chi connectivity index (χ4v) is 3.58. The monoisotopic (exact) mass is 381 g/mol. The molecule has 6 nitrogen and oxygen atoms in total. The zero-order chi connectivity index (χ0) is 19.3. The molecular formula is C20H16ClN3O3. The molecular weight excluding hydrogens is 366 g/mol. The first-order valence-electron chi connectivity index (χ1n) is 8.40. The molecule has 1 fully saturated rings. The summed E-state index contributed by atoms with van der Waals surface area (Å²) in [6, 6.07) is 13.2. The predicted octanol–water partition coefficient (Wildman–Crippen LogP) is 2.76. The molecule has 0 saturated carbocycles. The van der Waals surface area contributed by atoms with Crippen molar-refractivity contribution in [3.8, 4) is 0 Å². The highest BCUT2D eigenvalue weighted by atomic mass is 35.5. The molecule has 2 aromatic carbocycles. The second kappa shape index (κ2) is 6.25. The van der Waals surface area contributed by atoms with E-state index in [0.717, 1.165) is 10.5 Å². The highest BCUT2D eigenvalue weighted by Crippen LogP contribution is 2.38. The van der Waals surface area contributed by atoms with Gasteiger partial charge < -0.3 is 0 Å². The summed E-state index contributed by atoms with van der Waals surface area (Å²) in [5, 5.41) is 1.85. The number of nitrogens with zero attached hydrogens (tertiary/aromatic N) is 2. The van der Waals surface area contributed by atoms with Crippen LogP contribution in [0.2, 0.25) is 5.02 Å². The average Bonchev–Trinajstić information content (AvgIpc) is 3.15. The van der Waals surface area contributed by atoms with Crippen LogP contribution in [0.25, 0.3) is 0 Å². The Hall–Kier alpha value is -3.12. The van der Waals surface area contributed by atoms with Gasteiger partial charge in [0, 0.05) is 6.92 Å². The van der Waals surface area contributed by atoms with E-state index in [4.69, 9.17) is 11.6 Å². The summed E-state index contributed by atoms with van der Waals surface area (Å²) < 4.78 is 0. The Morgan fingerprint density at radius 1 is 1.07 bits per heavy atom. The summed E-state index contributed by atoms with van der Waals surface area (Å²) in [4.78, 5) is 39.4. The lowest BCUT2D eigenvalue weighted by Gasteiger charge is -2.26. The van der Waals surface area contributed by atoms with E-state index < -0.39 is 17.9 Å². The molecule has 0 aliphatic carbocycles. The number of anilines is 2. The number of Topliss-reactive ketones (excluding diaryl/α,β-unsaturated/α-hetero) is 1. The van der Waals surface area contributed by atoms with E-state index in [0.29, 0.717) is 16.4 Å². The second-order valence-corrected chi connectivity index (χ2v) is 6.90. The number of hydrogen-bond donors (Lipinski definition) is 1. The van der Waals surface area contributed by atoms with Crippen LogP contribution < -0.4 is 15.3 Å². The minimum absolute atomic E-state index is 0.133. The van der Waals surface area contributed by atoms with Crippen molar-refractivity contribution in [3.05, 3.63) is 70.4 Å². The normalized spacial score (nSPS) is 18.9. The molecule has 1 atom stereocenters. The topological polar surface area (TPSA) is 69.7 Å². The summed E-state index contributed by atoms with van der Waals surface area (Å²) in [5.41, 5.74) is 5.27. The maximum atomic E-state index is 13.2. The zero-order valence-electron chi connectivity index (χ0n) is 14.7. The van der Waals surface area contributed by atoms with E-state index in [9.17, 15) is 14.4 Å². The van der Waals surface area contributed by atoms with Crippen LogP contribution in [0.1, 0.15) is 12.5 Å². The molecule has 1 saturated heterocycles. The van der Waals surface area contributed by atoms with Crippen molar-refractivity contribution in [3.63, 3.8) is 0 Å². The summed E-state index contributed by atoms with van der Waals surface area (Å²) >= 11 is 6.20. The van der Waals surface area contributed by atoms with Crippen molar-refractivity contribution in [2.75, 3.05) is 9.91 Å². The molecule has 2 aliphatic heterocycles. The number of halogens is 1. The number of hydrogen-bond acceptors (Lipinski definition) is 5. The molecule has 27 heavy (non-hydrogen) atoms. The van der Waals surface area contributed by atoms with E-state index >= 15 is 0 Å². The molecule has 2 aliphatic rings. The molecule has 0 bridgehead atoms. The maximum Gasteiger partial charge on any atom is 0.266 e. The molecule has 1 N–H and O–H groups in total.